The summed E-state index contributed by atoms with van der Waals surface area (Å²) in [6.07, 6.45) is 0. The molecule has 0 fully saturated rings. The van der Waals surface area contributed by atoms with Crippen molar-refractivity contribution in [3.63, 3.8) is 0 Å². The lowest BCUT2D eigenvalue weighted by Crippen LogP contribution is -2.20. The lowest BCUT2D eigenvalue weighted by molar-refractivity contribution is -0.384. The molecule has 0 aliphatic heterocycles. The largest absolute Gasteiger partial charge is 0.483 e. The number of carbonyl (C=O) groups excluding carboxylic acids is 1. The first-order valence-electron chi connectivity index (χ1n) is 6.49. The lowest BCUT2D eigenvalue weighted by Gasteiger charge is -2.10. The molecule has 2 aromatic carbocycles. The highest BCUT2D eigenvalue weighted by molar-refractivity contribution is 6.34. The van der Waals surface area contributed by atoms with Crippen LogP contribution in [0.1, 0.15) is 5.56 Å². The molecule has 23 heavy (non-hydrogen) atoms. The van der Waals surface area contributed by atoms with Gasteiger partial charge in [0, 0.05) is 17.2 Å². The van der Waals surface area contributed by atoms with E-state index in [9.17, 15) is 14.9 Å². The molecule has 0 radical (unpaired) electrons. The van der Waals surface area contributed by atoms with Gasteiger partial charge in [0.25, 0.3) is 11.6 Å². The number of nitro benzene ring substituents is 1. The number of hydrogen-bond acceptors (Lipinski definition) is 4. The molecule has 0 aromatic heterocycles. The molecule has 6 nitrogen and oxygen atoms in total. The third-order valence-electron chi connectivity index (χ3n) is 2.93. The monoisotopic (exact) mass is 354 g/mol. The molecule has 0 saturated carbocycles. The van der Waals surface area contributed by atoms with Crippen molar-refractivity contribution >= 4 is 40.5 Å². The zero-order valence-corrected chi connectivity index (χ0v) is 13.5. The Labute approximate surface area is 142 Å². The van der Waals surface area contributed by atoms with E-state index in [0.29, 0.717) is 10.8 Å². The van der Waals surface area contributed by atoms with Gasteiger partial charge >= 0.3 is 0 Å². The van der Waals surface area contributed by atoms with Crippen LogP contribution in [0.5, 0.6) is 5.75 Å². The van der Waals surface area contributed by atoms with Crippen LogP contribution in [0, 0.1) is 17.0 Å². The van der Waals surface area contributed by atoms with Crippen molar-refractivity contribution in [3.05, 3.63) is 62.1 Å². The van der Waals surface area contributed by atoms with Gasteiger partial charge in [-0.15, -0.1) is 0 Å². The average Bonchev–Trinajstić information content (AvgIpc) is 2.48. The number of halogens is 2. The second-order valence-corrected chi connectivity index (χ2v) is 5.51. The van der Waals surface area contributed by atoms with E-state index in [2.05, 4.69) is 5.32 Å². The smallest absolute Gasteiger partial charge is 0.271 e. The molecule has 0 spiro atoms. The minimum Gasteiger partial charge on any atom is -0.483 e. The normalized spacial score (nSPS) is 10.2. The van der Waals surface area contributed by atoms with Gasteiger partial charge in [0.1, 0.15) is 5.75 Å². The van der Waals surface area contributed by atoms with E-state index in [0.717, 1.165) is 5.56 Å². The van der Waals surface area contributed by atoms with E-state index in [-0.39, 0.29) is 23.0 Å². The Morgan fingerprint density at radius 1 is 1.26 bits per heavy atom. The SMILES string of the molecule is Cc1cc(Cl)ccc1OCC(=O)Nc1ccc([N+](=O)[O-])cc1Cl. The summed E-state index contributed by atoms with van der Waals surface area (Å²) in [6, 6.07) is 8.85. The van der Waals surface area contributed by atoms with Crippen molar-refractivity contribution in [2.75, 3.05) is 11.9 Å². The van der Waals surface area contributed by atoms with Gasteiger partial charge in [0.15, 0.2) is 6.61 Å². The minimum absolute atomic E-state index is 0.0789. The first-order valence-corrected chi connectivity index (χ1v) is 7.25. The summed E-state index contributed by atoms with van der Waals surface area (Å²) in [5, 5.41) is 13.8. The Kier molecular flexibility index (Phi) is 5.41. The van der Waals surface area contributed by atoms with Crippen LogP contribution < -0.4 is 10.1 Å². The van der Waals surface area contributed by atoms with Crippen molar-refractivity contribution in [2.45, 2.75) is 6.92 Å². The van der Waals surface area contributed by atoms with Crippen LogP contribution in [0.4, 0.5) is 11.4 Å². The summed E-state index contributed by atoms with van der Waals surface area (Å²) in [5.41, 5.74) is 0.929. The first-order chi connectivity index (χ1) is 10.9. The van der Waals surface area contributed by atoms with Crippen LogP contribution in [0.3, 0.4) is 0 Å². The molecule has 1 amide bonds. The number of rotatable bonds is 5. The summed E-state index contributed by atoms with van der Waals surface area (Å²) in [5.74, 6) is 0.106. The quantitative estimate of drug-likeness (QED) is 0.643. The number of hydrogen-bond donors (Lipinski definition) is 1. The number of aryl methyl sites for hydroxylation is 1. The molecule has 0 aliphatic carbocycles. The van der Waals surface area contributed by atoms with Gasteiger partial charge in [0.2, 0.25) is 0 Å². The van der Waals surface area contributed by atoms with Gasteiger partial charge in [-0.2, -0.15) is 0 Å². The molecule has 0 saturated heterocycles. The molecule has 0 bridgehead atoms. The van der Waals surface area contributed by atoms with E-state index >= 15 is 0 Å². The van der Waals surface area contributed by atoms with Crippen LogP contribution in [0.2, 0.25) is 10.0 Å². The van der Waals surface area contributed by atoms with E-state index in [4.69, 9.17) is 27.9 Å². The Hall–Kier alpha value is -2.31. The fraction of sp³-hybridized carbons (Fsp3) is 0.133. The van der Waals surface area contributed by atoms with Crippen molar-refractivity contribution in [1.82, 2.24) is 0 Å². The van der Waals surface area contributed by atoms with E-state index in [1.54, 1.807) is 18.2 Å². The second-order valence-electron chi connectivity index (χ2n) is 4.67. The van der Waals surface area contributed by atoms with Crippen molar-refractivity contribution in [2.24, 2.45) is 0 Å². The maximum atomic E-state index is 11.9. The summed E-state index contributed by atoms with van der Waals surface area (Å²) in [6.45, 7) is 1.59. The predicted octanol–water partition coefficient (Wildman–Crippen LogP) is 4.23. The number of benzene rings is 2. The number of anilines is 1. The summed E-state index contributed by atoms with van der Waals surface area (Å²) in [4.78, 5) is 21.9. The van der Waals surface area contributed by atoms with E-state index in [1.807, 2.05) is 6.92 Å². The fourth-order valence-corrected chi connectivity index (χ4v) is 2.27. The number of carbonyl (C=O) groups is 1. The molecule has 1 N–H and O–H groups in total. The highest BCUT2D eigenvalue weighted by atomic mass is 35.5. The maximum absolute atomic E-state index is 11.9. The molecule has 2 rings (SSSR count). The molecule has 0 aliphatic rings. The highest BCUT2D eigenvalue weighted by Gasteiger charge is 2.12. The Morgan fingerprint density at radius 3 is 2.61 bits per heavy atom. The molecule has 0 unspecified atom stereocenters. The van der Waals surface area contributed by atoms with Gasteiger partial charge < -0.3 is 10.1 Å². The Bertz CT molecular complexity index is 765. The van der Waals surface area contributed by atoms with Gasteiger partial charge in [0.05, 0.1) is 15.6 Å². The number of nitrogens with zero attached hydrogens (tertiary/aromatic N) is 1. The van der Waals surface area contributed by atoms with Crippen molar-refractivity contribution in [3.8, 4) is 5.75 Å². The topological polar surface area (TPSA) is 81.5 Å². The first kappa shape index (κ1) is 17.1. The maximum Gasteiger partial charge on any atom is 0.271 e. The average molecular weight is 355 g/mol. The van der Waals surface area contributed by atoms with E-state index < -0.39 is 10.8 Å². The zero-order valence-electron chi connectivity index (χ0n) is 12.0. The fourth-order valence-electron chi connectivity index (χ4n) is 1.82. The molecular formula is C15H12Cl2N2O4. The third kappa shape index (κ3) is 4.58. The number of nitro groups is 1. The van der Waals surface area contributed by atoms with Gasteiger partial charge in [-0.05, 0) is 36.8 Å². The standard InChI is InChI=1S/C15H12Cl2N2O4/c1-9-6-10(16)2-5-14(9)23-8-15(20)18-13-4-3-11(19(21)22)7-12(13)17/h2-7H,8H2,1H3,(H,18,20). The van der Waals surface area contributed by atoms with Crippen LogP contribution in [0.25, 0.3) is 0 Å². The van der Waals surface area contributed by atoms with Crippen molar-refractivity contribution in [1.29, 1.82) is 0 Å². The molecule has 0 atom stereocenters. The van der Waals surface area contributed by atoms with E-state index in [1.165, 1.54) is 18.2 Å². The lowest BCUT2D eigenvalue weighted by atomic mass is 10.2. The van der Waals surface area contributed by atoms with Crippen LogP contribution in [-0.2, 0) is 4.79 Å². The van der Waals surface area contributed by atoms with Crippen LogP contribution in [0.15, 0.2) is 36.4 Å². The summed E-state index contributed by atoms with van der Waals surface area (Å²) >= 11 is 11.7. The second kappa shape index (κ2) is 7.30. The number of nitrogens with one attached hydrogen (secondary N) is 1. The molecule has 8 heteroatoms. The number of ether oxygens (including phenoxy) is 1. The van der Waals surface area contributed by atoms with Crippen LogP contribution in [-0.4, -0.2) is 17.4 Å². The van der Waals surface area contributed by atoms with Gasteiger partial charge in [-0.25, -0.2) is 0 Å². The molecule has 2 aromatic rings. The zero-order chi connectivity index (χ0) is 17.0. The van der Waals surface area contributed by atoms with Gasteiger partial charge in [-0.1, -0.05) is 23.2 Å². The number of non-ortho nitro benzene ring substituents is 1. The molecule has 0 heterocycles. The summed E-state index contributed by atoms with van der Waals surface area (Å²) < 4.78 is 5.41. The predicted molar refractivity (Wildman–Crippen MR) is 88.4 cm³/mol. The van der Waals surface area contributed by atoms with Crippen molar-refractivity contribution < 1.29 is 14.5 Å². The molecular weight excluding hydrogens is 343 g/mol. The van der Waals surface area contributed by atoms with Crippen LogP contribution >= 0.6 is 23.2 Å². The molecule has 120 valence electrons. The van der Waals surface area contributed by atoms with Gasteiger partial charge in [-0.3, -0.25) is 14.9 Å². The highest BCUT2D eigenvalue weighted by Crippen LogP contribution is 2.27. The number of amides is 1. The summed E-state index contributed by atoms with van der Waals surface area (Å²) in [7, 11) is 0. The Morgan fingerprint density at radius 2 is 2.00 bits per heavy atom. The minimum atomic E-state index is -0.566. The third-order valence-corrected chi connectivity index (χ3v) is 3.48. The Balaban J connectivity index is 1.98.